The first-order valence-corrected chi connectivity index (χ1v) is 3.83. The van der Waals surface area contributed by atoms with Gasteiger partial charge in [0.2, 0.25) is 0 Å². The Kier molecular flexibility index (Phi) is 2.60. The van der Waals surface area contributed by atoms with Crippen molar-refractivity contribution < 1.29 is 4.76 Å². The molecule has 0 radical (unpaired) electrons. The molecule has 1 rings (SSSR count). The monoisotopic (exact) mass is 170 g/mol. The Balaban J connectivity index is 3.01. The molecule has 0 spiro atoms. The summed E-state index contributed by atoms with van der Waals surface area (Å²) in [5.41, 5.74) is 1.61. The van der Waals surface area contributed by atoms with Gasteiger partial charge < -0.3 is 0 Å². The van der Waals surface area contributed by atoms with Crippen molar-refractivity contribution in [1.82, 2.24) is 0 Å². The molecule has 0 N–H and O–H groups in total. The lowest BCUT2D eigenvalue weighted by Gasteiger charge is -1.92. The number of benzene rings is 1. The van der Waals surface area contributed by atoms with Crippen LogP contribution in [0.3, 0.4) is 0 Å². The van der Waals surface area contributed by atoms with Crippen LogP contribution in [-0.2, 0) is 5.88 Å². The number of nitroso groups, excluding NO2 is 1. The molecule has 0 amide bonds. The second kappa shape index (κ2) is 3.49. The largest absolute Gasteiger partial charge is 0.255 e. The molecule has 11 heavy (non-hydrogen) atoms. The van der Waals surface area contributed by atoms with E-state index in [4.69, 9.17) is 11.6 Å². The zero-order valence-electron chi connectivity index (χ0n) is 6.25. The maximum Gasteiger partial charge on any atom is 0.255 e. The van der Waals surface area contributed by atoms with Crippen LogP contribution in [0.4, 0.5) is 5.69 Å². The van der Waals surface area contributed by atoms with Crippen LogP contribution < -0.4 is 0 Å². The van der Waals surface area contributed by atoms with E-state index in [1.165, 1.54) is 7.05 Å². The summed E-state index contributed by atoms with van der Waals surface area (Å²) in [5.74, 6) is 0.446. The number of halogens is 1. The van der Waals surface area contributed by atoms with Crippen LogP contribution in [0.25, 0.3) is 0 Å². The van der Waals surface area contributed by atoms with E-state index in [-0.39, 0.29) is 0 Å². The smallest absolute Gasteiger partial charge is 0.122 e. The molecule has 0 unspecified atom stereocenters. The summed E-state index contributed by atoms with van der Waals surface area (Å²) in [6.07, 6.45) is 0. The zero-order valence-corrected chi connectivity index (χ0v) is 7.01. The Bertz CT molecular complexity index is 273. The lowest BCUT2D eigenvalue weighted by Crippen LogP contribution is -1.90. The Labute approximate surface area is 70.4 Å². The van der Waals surface area contributed by atoms with Crippen molar-refractivity contribution in [2.24, 2.45) is 0 Å². The molecule has 2 nitrogen and oxygen atoms in total. The van der Waals surface area contributed by atoms with Gasteiger partial charge in [-0.05, 0) is 5.56 Å². The average Bonchev–Trinajstić information content (AvgIpc) is 2.05. The summed E-state index contributed by atoms with van der Waals surface area (Å²) in [7, 11) is 1.47. The van der Waals surface area contributed by atoms with Gasteiger partial charge in [0.25, 0.3) is 5.69 Å². The third kappa shape index (κ3) is 2.02. The Morgan fingerprint density at radius 3 is 2.82 bits per heavy atom. The molecule has 0 aliphatic rings. The first-order valence-electron chi connectivity index (χ1n) is 3.30. The molecule has 0 aliphatic heterocycles. The molecule has 0 saturated carbocycles. The Morgan fingerprint density at radius 2 is 2.27 bits per heavy atom. The minimum Gasteiger partial charge on any atom is -0.122 e. The molecular weight excluding hydrogens is 162 g/mol. The molecular formula is C8H9ClNO+. The highest BCUT2D eigenvalue weighted by molar-refractivity contribution is 6.17. The number of rotatable bonds is 2. The lowest BCUT2D eigenvalue weighted by atomic mass is 10.2. The fraction of sp³-hybridized carbons (Fsp3) is 0.250. The van der Waals surface area contributed by atoms with Gasteiger partial charge >= 0.3 is 0 Å². The minimum atomic E-state index is 0.446. The normalized spacial score (nSPS) is 9.64. The van der Waals surface area contributed by atoms with Crippen molar-refractivity contribution in [3.8, 4) is 0 Å². The number of nitrogens with zero attached hydrogens (tertiary/aromatic N) is 1. The topological polar surface area (TPSA) is 20.1 Å². The van der Waals surface area contributed by atoms with E-state index in [1.807, 2.05) is 12.1 Å². The number of alkyl halides is 1. The van der Waals surface area contributed by atoms with Gasteiger partial charge in [-0.2, -0.15) is 0 Å². The molecule has 0 aromatic heterocycles. The highest BCUT2D eigenvalue weighted by Gasteiger charge is 2.05. The quantitative estimate of drug-likeness (QED) is 0.493. The fourth-order valence-corrected chi connectivity index (χ4v) is 1.00. The molecule has 0 heterocycles. The van der Waals surface area contributed by atoms with Crippen molar-refractivity contribution in [2.75, 3.05) is 7.05 Å². The van der Waals surface area contributed by atoms with Crippen LogP contribution in [0.1, 0.15) is 5.56 Å². The number of hydrogen-bond acceptors (Lipinski definition) is 1. The molecule has 58 valence electrons. The van der Waals surface area contributed by atoms with Gasteiger partial charge in [-0.15, -0.1) is 11.6 Å². The predicted octanol–water partition coefficient (Wildman–Crippen LogP) is 2.47. The zero-order chi connectivity index (χ0) is 8.27. The summed E-state index contributed by atoms with van der Waals surface area (Å²) in [6.45, 7) is 0. The molecule has 0 fully saturated rings. The van der Waals surface area contributed by atoms with Crippen LogP contribution in [0.15, 0.2) is 24.3 Å². The van der Waals surface area contributed by atoms with E-state index in [2.05, 4.69) is 0 Å². The van der Waals surface area contributed by atoms with E-state index >= 15 is 0 Å². The Hall–Kier alpha value is -0.890. The van der Waals surface area contributed by atoms with Crippen molar-refractivity contribution in [3.63, 3.8) is 0 Å². The summed E-state index contributed by atoms with van der Waals surface area (Å²) in [4.78, 5) is 10.8. The van der Waals surface area contributed by atoms with E-state index < -0.39 is 0 Å². The van der Waals surface area contributed by atoms with Crippen LogP contribution in [0.2, 0.25) is 0 Å². The van der Waals surface area contributed by atoms with Crippen LogP contribution in [-0.4, -0.2) is 11.8 Å². The van der Waals surface area contributed by atoms with Crippen molar-refractivity contribution >= 4 is 17.3 Å². The summed E-state index contributed by atoms with van der Waals surface area (Å²) in [6, 6.07) is 7.24. The summed E-state index contributed by atoms with van der Waals surface area (Å²) >= 11 is 5.58. The van der Waals surface area contributed by atoms with E-state index in [0.717, 1.165) is 10.3 Å². The van der Waals surface area contributed by atoms with Crippen molar-refractivity contribution in [2.45, 2.75) is 5.88 Å². The number of hydrogen-bond donors (Lipinski definition) is 0. The first-order chi connectivity index (χ1) is 5.24. The van der Waals surface area contributed by atoms with Gasteiger partial charge in [0.05, 0.1) is 0 Å². The minimum absolute atomic E-state index is 0.446. The van der Waals surface area contributed by atoms with Gasteiger partial charge in [-0.1, -0.05) is 12.1 Å². The van der Waals surface area contributed by atoms with E-state index in [9.17, 15) is 4.91 Å². The van der Waals surface area contributed by atoms with Crippen LogP contribution >= 0.6 is 11.6 Å². The molecule has 0 bridgehead atoms. The van der Waals surface area contributed by atoms with Gasteiger partial charge in [0, 0.05) is 27.7 Å². The maximum absolute atomic E-state index is 10.8. The SMILES string of the molecule is C[N+](=O)c1cccc(CCl)c1. The summed E-state index contributed by atoms with van der Waals surface area (Å²) < 4.78 is 0.816. The van der Waals surface area contributed by atoms with Crippen LogP contribution in [0, 0.1) is 4.91 Å². The third-order valence-corrected chi connectivity index (χ3v) is 1.74. The van der Waals surface area contributed by atoms with Gasteiger partial charge in [0.15, 0.2) is 7.05 Å². The van der Waals surface area contributed by atoms with Gasteiger partial charge in [-0.3, -0.25) is 0 Å². The maximum atomic E-state index is 10.8. The van der Waals surface area contributed by atoms with E-state index in [1.54, 1.807) is 12.1 Å². The third-order valence-electron chi connectivity index (χ3n) is 1.43. The highest BCUT2D eigenvalue weighted by atomic mass is 35.5. The second-order valence-electron chi connectivity index (χ2n) is 2.30. The van der Waals surface area contributed by atoms with Crippen molar-refractivity contribution in [1.29, 1.82) is 0 Å². The fourth-order valence-electron chi connectivity index (χ4n) is 0.835. The molecule has 0 atom stereocenters. The highest BCUT2D eigenvalue weighted by Crippen LogP contribution is 2.13. The van der Waals surface area contributed by atoms with Gasteiger partial charge in [-0.25, -0.2) is 0 Å². The van der Waals surface area contributed by atoms with Crippen LogP contribution in [0.5, 0.6) is 0 Å². The lowest BCUT2D eigenvalue weighted by molar-refractivity contribution is -0.428. The van der Waals surface area contributed by atoms with Gasteiger partial charge in [0.1, 0.15) is 0 Å². The summed E-state index contributed by atoms with van der Waals surface area (Å²) in [5, 5.41) is 0. The van der Waals surface area contributed by atoms with Crippen molar-refractivity contribution in [3.05, 3.63) is 34.7 Å². The standard InChI is InChI=1S/C8H9ClNO/c1-10(11)8-4-2-3-7(5-8)6-9/h2-5H,6H2,1H3/q+1. The molecule has 3 heteroatoms. The molecule has 1 aromatic rings. The molecule has 0 aliphatic carbocycles. The second-order valence-corrected chi connectivity index (χ2v) is 2.57. The molecule has 0 saturated heterocycles. The first kappa shape index (κ1) is 8.21. The molecule has 1 aromatic carbocycles. The average molecular weight is 171 g/mol. The predicted molar refractivity (Wildman–Crippen MR) is 45.2 cm³/mol. The van der Waals surface area contributed by atoms with E-state index in [0.29, 0.717) is 11.6 Å². The Morgan fingerprint density at radius 1 is 1.55 bits per heavy atom.